The van der Waals surface area contributed by atoms with Gasteiger partial charge in [-0.1, -0.05) is 12.2 Å². The summed E-state index contributed by atoms with van der Waals surface area (Å²) in [6.07, 6.45) is 5.10. The number of carbonyl (C=O) groups excluding carboxylic acids is 3. The molecule has 1 saturated carbocycles. The molecule has 2 aliphatic carbocycles. The minimum atomic E-state index is -0.181. The van der Waals surface area contributed by atoms with E-state index in [0.29, 0.717) is 11.3 Å². The van der Waals surface area contributed by atoms with Crippen LogP contribution in [-0.4, -0.2) is 17.6 Å². The van der Waals surface area contributed by atoms with Gasteiger partial charge in [0.15, 0.2) is 5.78 Å². The van der Waals surface area contributed by atoms with Crippen LogP contribution in [0.15, 0.2) is 36.4 Å². The molecule has 0 unspecified atom stereocenters. The molecule has 1 aromatic rings. The highest BCUT2D eigenvalue weighted by molar-refractivity contribution is 6.22. The normalized spacial score (nSPS) is 32.9. The quantitative estimate of drug-likeness (QED) is 0.474. The number of ketones is 1. The summed E-state index contributed by atoms with van der Waals surface area (Å²) in [4.78, 5) is 37.8. The lowest BCUT2D eigenvalue weighted by molar-refractivity contribution is -0.123. The van der Waals surface area contributed by atoms with Crippen molar-refractivity contribution in [1.29, 1.82) is 0 Å². The highest BCUT2D eigenvalue weighted by atomic mass is 16.2. The van der Waals surface area contributed by atoms with Crippen molar-refractivity contribution in [2.45, 2.75) is 13.3 Å². The average Bonchev–Trinajstić information content (AvgIpc) is 3.13. The van der Waals surface area contributed by atoms with E-state index in [1.165, 1.54) is 11.8 Å². The largest absolute Gasteiger partial charge is 0.295 e. The minimum Gasteiger partial charge on any atom is -0.295 e. The van der Waals surface area contributed by atoms with Crippen molar-refractivity contribution < 1.29 is 14.4 Å². The Morgan fingerprint density at radius 1 is 1.00 bits per heavy atom. The van der Waals surface area contributed by atoms with Crippen molar-refractivity contribution in [3.8, 4) is 0 Å². The van der Waals surface area contributed by atoms with Crippen molar-refractivity contribution in [1.82, 2.24) is 0 Å². The molecule has 1 aliphatic heterocycles. The molecule has 3 aliphatic rings. The zero-order valence-electron chi connectivity index (χ0n) is 11.7. The van der Waals surface area contributed by atoms with Gasteiger partial charge in [-0.2, -0.15) is 0 Å². The number of allylic oxidation sites excluding steroid dienone is 2. The Bertz CT molecular complexity index is 658. The van der Waals surface area contributed by atoms with Crippen molar-refractivity contribution in [2.75, 3.05) is 4.90 Å². The number of hydrogen-bond donors (Lipinski definition) is 0. The van der Waals surface area contributed by atoms with Crippen LogP contribution in [0.1, 0.15) is 23.7 Å². The number of nitrogens with zero attached hydrogens (tertiary/aromatic N) is 1. The van der Waals surface area contributed by atoms with Gasteiger partial charge in [-0.15, -0.1) is 0 Å². The van der Waals surface area contributed by atoms with E-state index >= 15 is 0 Å². The molecule has 1 heterocycles. The van der Waals surface area contributed by atoms with Crippen LogP contribution in [0.3, 0.4) is 0 Å². The van der Waals surface area contributed by atoms with Gasteiger partial charge in [-0.25, -0.2) is 0 Å². The second-order valence-electron chi connectivity index (χ2n) is 6.11. The fourth-order valence-electron chi connectivity index (χ4n) is 4.00. The van der Waals surface area contributed by atoms with Gasteiger partial charge in [0.25, 0.3) is 0 Å². The number of fused-ring (bicyclic) bond motifs is 5. The maximum Gasteiger partial charge on any atom is 0.238 e. The molecule has 2 fully saturated rings. The third kappa shape index (κ3) is 1.59. The van der Waals surface area contributed by atoms with Gasteiger partial charge in [0.05, 0.1) is 17.5 Å². The minimum absolute atomic E-state index is 0.0280. The van der Waals surface area contributed by atoms with E-state index in [-0.39, 0.29) is 41.3 Å². The molecule has 0 N–H and O–H groups in total. The molecule has 1 aromatic carbocycles. The van der Waals surface area contributed by atoms with Crippen molar-refractivity contribution in [3.63, 3.8) is 0 Å². The molecule has 4 rings (SSSR count). The molecule has 4 heteroatoms. The second-order valence-corrected chi connectivity index (χ2v) is 6.11. The van der Waals surface area contributed by atoms with Gasteiger partial charge < -0.3 is 0 Å². The zero-order valence-corrected chi connectivity index (χ0v) is 11.7. The van der Waals surface area contributed by atoms with Crippen LogP contribution in [0.2, 0.25) is 0 Å². The van der Waals surface area contributed by atoms with Crippen LogP contribution in [-0.2, 0) is 9.59 Å². The highest BCUT2D eigenvalue weighted by Crippen LogP contribution is 2.53. The topological polar surface area (TPSA) is 54.5 Å². The number of carbonyl (C=O) groups is 3. The summed E-state index contributed by atoms with van der Waals surface area (Å²) in [5.41, 5.74) is 1.16. The van der Waals surface area contributed by atoms with Crippen LogP contribution >= 0.6 is 0 Å². The number of imide groups is 1. The lowest BCUT2D eigenvalue weighted by Crippen LogP contribution is -2.32. The van der Waals surface area contributed by atoms with E-state index in [1.54, 1.807) is 24.3 Å². The second kappa shape index (κ2) is 4.13. The predicted octanol–water partition coefficient (Wildman–Crippen LogP) is 2.20. The van der Waals surface area contributed by atoms with E-state index in [2.05, 4.69) is 12.2 Å². The number of rotatable bonds is 2. The molecule has 0 radical (unpaired) electrons. The fourth-order valence-corrected chi connectivity index (χ4v) is 4.00. The lowest BCUT2D eigenvalue weighted by Gasteiger charge is -2.17. The summed E-state index contributed by atoms with van der Waals surface area (Å²) in [5.74, 6) is -0.120. The van der Waals surface area contributed by atoms with E-state index in [4.69, 9.17) is 0 Å². The van der Waals surface area contributed by atoms with Gasteiger partial charge in [0.1, 0.15) is 0 Å². The van der Waals surface area contributed by atoms with Gasteiger partial charge in [-0.3, -0.25) is 19.3 Å². The smallest absolute Gasteiger partial charge is 0.238 e. The summed E-state index contributed by atoms with van der Waals surface area (Å²) >= 11 is 0. The maximum atomic E-state index is 12.6. The molecule has 106 valence electrons. The van der Waals surface area contributed by atoms with Gasteiger partial charge in [0, 0.05) is 5.56 Å². The lowest BCUT2D eigenvalue weighted by atomic mass is 9.85. The number of hydrogen-bond acceptors (Lipinski definition) is 3. The van der Waals surface area contributed by atoms with Crippen molar-refractivity contribution in [3.05, 3.63) is 42.0 Å². The first-order valence-corrected chi connectivity index (χ1v) is 7.25. The summed E-state index contributed by atoms with van der Waals surface area (Å²) in [6, 6.07) is 6.70. The summed E-state index contributed by atoms with van der Waals surface area (Å²) in [7, 11) is 0. The predicted molar refractivity (Wildman–Crippen MR) is 76.7 cm³/mol. The molecule has 4 nitrogen and oxygen atoms in total. The molecule has 4 atom stereocenters. The zero-order chi connectivity index (χ0) is 14.7. The van der Waals surface area contributed by atoms with Gasteiger partial charge >= 0.3 is 0 Å². The van der Waals surface area contributed by atoms with E-state index in [9.17, 15) is 14.4 Å². The van der Waals surface area contributed by atoms with Crippen LogP contribution in [0, 0.1) is 23.7 Å². The maximum absolute atomic E-state index is 12.6. The summed E-state index contributed by atoms with van der Waals surface area (Å²) in [6.45, 7) is 1.49. The van der Waals surface area contributed by atoms with Gasteiger partial charge in [-0.05, 0) is 49.4 Å². The molecular weight excluding hydrogens is 266 g/mol. The first-order valence-electron chi connectivity index (χ1n) is 7.25. The summed E-state index contributed by atoms with van der Waals surface area (Å²) < 4.78 is 0. The van der Waals surface area contributed by atoms with Crippen LogP contribution in [0.5, 0.6) is 0 Å². The van der Waals surface area contributed by atoms with E-state index in [1.807, 2.05) is 0 Å². The molecule has 1 saturated heterocycles. The molecule has 2 bridgehead atoms. The van der Waals surface area contributed by atoms with Crippen LogP contribution < -0.4 is 4.90 Å². The van der Waals surface area contributed by atoms with E-state index in [0.717, 1.165) is 6.42 Å². The Balaban J connectivity index is 1.69. The number of Topliss-reactive ketones (excluding diaryl/α,β-unsaturated/α-hetero) is 1. The van der Waals surface area contributed by atoms with Crippen molar-refractivity contribution in [2.24, 2.45) is 23.7 Å². The fraction of sp³-hybridized carbons (Fsp3) is 0.353. The third-order valence-electron chi connectivity index (χ3n) is 5.00. The molecular formula is C17H15NO3. The number of anilines is 1. The Hall–Kier alpha value is -2.23. The van der Waals surface area contributed by atoms with Crippen LogP contribution in [0.25, 0.3) is 0 Å². The van der Waals surface area contributed by atoms with Crippen LogP contribution in [0.4, 0.5) is 5.69 Å². The molecule has 21 heavy (non-hydrogen) atoms. The Labute approximate surface area is 122 Å². The SMILES string of the molecule is CC(=O)c1ccc(N2C(=O)[C@@H]3[C@@H](C2=O)[C@H]2C=C[C@@H]3C2)cc1. The highest BCUT2D eigenvalue weighted by Gasteiger charge is 2.59. The first-order chi connectivity index (χ1) is 10.1. The number of amides is 2. The standard InChI is InChI=1S/C17H15NO3/c1-9(19)10-4-6-13(7-5-10)18-16(20)14-11-2-3-12(8-11)15(14)17(18)21/h2-7,11-12,14-15H,8H2,1H3/t11-,12+,14-,15-/m0/s1. The Morgan fingerprint density at radius 2 is 1.52 bits per heavy atom. The van der Waals surface area contributed by atoms with Crippen molar-refractivity contribution >= 4 is 23.3 Å². The molecule has 0 aromatic heterocycles. The Kier molecular flexibility index (Phi) is 2.46. The molecule has 0 spiro atoms. The molecule has 2 amide bonds. The summed E-state index contributed by atoms with van der Waals surface area (Å²) in [5, 5.41) is 0. The third-order valence-corrected chi connectivity index (χ3v) is 5.00. The van der Waals surface area contributed by atoms with E-state index < -0.39 is 0 Å². The number of benzene rings is 1. The first kappa shape index (κ1) is 12.5. The monoisotopic (exact) mass is 281 g/mol. The Morgan fingerprint density at radius 3 is 2.00 bits per heavy atom. The van der Waals surface area contributed by atoms with Gasteiger partial charge in [0.2, 0.25) is 11.8 Å². The average molecular weight is 281 g/mol.